The summed E-state index contributed by atoms with van der Waals surface area (Å²) >= 11 is 0. The molecule has 0 amide bonds. The predicted octanol–water partition coefficient (Wildman–Crippen LogP) is 3.58. The third-order valence-corrected chi connectivity index (χ3v) is 4.70. The maximum Gasteiger partial charge on any atom is 0.122 e. The first-order chi connectivity index (χ1) is 10.1. The molecule has 118 valence electrons. The first-order valence-corrected chi connectivity index (χ1v) is 7.98. The van der Waals surface area contributed by atoms with Gasteiger partial charge in [0, 0.05) is 7.11 Å². The van der Waals surface area contributed by atoms with Crippen molar-refractivity contribution >= 4 is 0 Å². The van der Waals surface area contributed by atoms with Gasteiger partial charge >= 0.3 is 0 Å². The average Bonchev–Trinajstić information content (AvgIpc) is 2.47. The van der Waals surface area contributed by atoms with Gasteiger partial charge < -0.3 is 15.2 Å². The molecule has 3 nitrogen and oxygen atoms in total. The molecule has 0 aromatic heterocycles. The molecule has 0 saturated heterocycles. The van der Waals surface area contributed by atoms with E-state index in [9.17, 15) is 0 Å². The zero-order valence-corrected chi connectivity index (χ0v) is 13.6. The van der Waals surface area contributed by atoms with Crippen LogP contribution in [-0.2, 0) is 4.74 Å². The lowest BCUT2D eigenvalue weighted by atomic mass is 9.65. The monoisotopic (exact) mass is 291 g/mol. The van der Waals surface area contributed by atoms with Crippen molar-refractivity contribution in [3.63, 3.8) is 0 Å². The van der Waals surface area contributed by atoms with Crippen molar-refractivity contribution in [3.8, 4) is 5.75 Å². The highest BCUT2D eigenvalue weighted by atomic mass is 16.5. The Morgan fingerprint density at radius 3 is 2.71 bits per heavy atom. The number of rotatable bonds is 6. The topological polar surface area (TPSA) is 44.5 Å². The minimum absolute atomic E-state index is 0.385. The molecule has 2 unspecified atom stereocenters. The van der Waals surface area contributed by atoms with E-state index >= 15 is 0 Å². The summed E-state index contributed by atoms with van der Waals surface area (Å²) in [5.41, 5.74) is 7.73. The van der Waals surface area contributed by atoms with Gasteiger partial charge in [-0.05, 0) is 54.7 Å². The summed E-state index contributed by atoms with van der Waals surface area (Å²) in [7, 11) is 1.70. The van der Waals surface area contributed by atoms with Crippen LogP contribution in [0.1, 0.15) is 44.6 Å². The molecule has 1 aromatic carbocycles. The van der Waals surface area contributed by atoms with E-state index in [1.807, 2.05) is 6.07 Å². The molecule has 1 saturated carbocycles. The van der Waals surface area contributed by atoms with Crippen molar-refractivity contribution in [2.45, 2.75) is 39.0 Å². The molecule has 1 aliphatic carbocycles. The Hall–Kier alpha value is -1.06. The molecule has 3 heteroatoms. The van der Waals surface area contributed by atoms with E-state index in [1.165, 1.54) is 24.8 Å². The van der Waals surface area contributed by atoms with E-state index in [2.05, 4.69) is 32.0 Å². The summed E-state index contributed by atoms with van der Waals surface area (Å²) in [6, 6.07) is 8.42. The van der Waals surface area contributed by atoms with E-state index in [0.29, 0.717) is 30.5 Å². The van der Waals surface area contributed by atoms with Crippen molar-refractivity contribution in [1.29, 1.82) is 0 Å². The minimum atomic E-state index is 0.385. The van der Waals surface area contributed by atoms with Crippen LogP contribution in [0.5, 0.6) is 5.75 Å². The van der Waals surface area contributed by atoms with Gasteiger partial charge in [0.2, 0.25) is 0 Å². The lowest BCUT2D eigenvalue weighted by molar-refractivity contribution is 0.140. The zero-order valence-electron chi connectivity index (χ0n) is 13.6. The Kier molecular flexibility index (Phi) is 5.65. The van der Waals surface area contributed by atoms with Gasteiger partial charge in [-0.25, -0.2) is 0 Å². The van der Waals surface area contributed by atoms with Crippen molar-refractivity contribution < 1.29 is 9.47 Å². The molecule has 0 heterocycles. The molecule has 21 heavy (non-hydrogen) atoms. The van der Waals surface area contributed by atoms with Gasteiger partial charge in [0.15, 0.2) is 0 Å². The fourth-order valence-electron chi connectivity index (χ4n) is 3.44. The van der Waals surface area contributed by atoms with Crippen LogP contribution < -0.4 is 10.5 Å². The van der Waals surface area contributed by atoms with Crippen molar-refractivity contribution in [3.05, 3.63) is 29.8 Å². The molecule has 2 rings (SSSR count). The molecule has 1 aromatic rings. The van der Waals surface area contributed by atoms with Gasteiger partial charge in [0.05, 0.1) is 6.61 Å². The summed E-state index contributed by atoms with van der Waals surface area (Å²) < 4.78 is 11.0. The number of hydrogen-bond donors (Lipinski definition) is 1. The van der Waals surface area contributed by atoms with Crippen molar-refractivity contribution in [1.82, 2.24) is 0 Å². The van der Waals surface area contributed by atoms with Crippen LogP contribution in [0, 0.1) is 11.3 Å². The molecule has 0 spiro atoms. The Balaban J connectivity index is 2.21. The summed E-state index contributed by atoms with van der Waals surface area (Å²) in [6.07, 6.45) is 3.65. The maximum atomic E-state index is 6.03. The van der Waals surface area contributed by atoms with E-state index in [0.717, 1.165) is 12.3 Å². The SMILES string of the molecule is COCCOc1ccccc1C1CC(C)(C)CCC1CN. The Labute approximate surface area is 128 Å². The van der Waals surface area contributed by atoms with E-state index in [4.69, 9.17) is 15.2 Å². The first kappa shape index (κ1) is 16.3. The van der Waals surface area contributed by atoms with Crippen LogP contribution in [0.2, 0.25) is 0 Å². The molecule has 0 radical (unpaired) electrons. The second-order valence-corrected chi connectivity index (χ2v) is 6.89. The molecule has 2 N–H and O–H groups in total. The van der Waals surface area contributed by atoms with Crippen LogP contribution in [0.4, 0.5) is 0 Å². The average molecular weight is 291 g/mol. The van der Waals surface area contributed by atoms with Gasteiger partial charge in [0.1, 0.15) is 12.4 Å². The highest BCUT2D eigenvalue weighted by molar-refractivity contribution is 5.37. The second-order valence-electron chi connectivity index (χ2n) is 6.89. The van der Waals surface area contributed by atoms with Gasteiger partial charge in [-0.1, -0.05) is 32.0 Å². The number of nitrogens with two attached hydrogens (primary N) is 1. The number of methoxy groups -OCH3 is 1. The summed E-state index contributed by atoms with van der Waals surface area (Å²) in [4.78, 5) is 0. The summed E-state index contributed by atoms with van der Waals surface area (Å²) in [5, 5.41) is 0. The number of para-hydroxylation sites is 1. The fraction of sp³-hybridized carbons (Fsp3) is 0.667. The summed E-state index contributed by atoms with van der Waals surface area (Å²) in [6.45, 7) is 6.69. The van der Waals surface area contributed by atoms with Crippen LogP contribution >= 0.6 is 0 Å². The van der Waals surface area contributed by atoms with Crippen LogP contribution in [-0.4, -0.2) is 26.9 Å². The molecule has 0 bridgehead atoms. The summed E-state index contributed by atoms with van der Waals surface area (Å²) in [5.74, 6) is 2.05. The van der Waals surface area contributed by atoms with Crippen LogP contribution in [0.25, 0.3) is 0 Å². The zero-order chi connectivity index (χ0) is 15.3. The normalized spacial score (nSPS) is 24.8. The molecular weight excluding hydrogens is 262 g/mol. The van der Waals surface area contributed by atoms with E-state index in [-0.39, 0.29) is 0 Å². The molecule has 2 atom stereocenters. The second kappa shape index (κ2) is 7.28. The number of benzene rings is 1. The molecular formula is C18H29NO2. The lowest BCUT2D eigenvalue weighted by Gasteiger charge is -2.41. The van der Waals surface area contributed by atoms with Gasteiger partial charge in [-0.3, -0.25) is 0 Å². The fourth-order valence-corrected chi connectivity index (χ4v) is 3.44. The smallest absolute Gasteiger partial charge is 0.122 e. The molecule has 1 aliphatic rings. The molecule has 1 fully saturated rings. The van der Waals surface area contributed by atoms with Gasteiger partial charge in [0.25, 0.3) is 0 Å². The quantitative estimate of drug-likeness (QED) is 0.815. The Bertz CT molecular complexity index is 445. The predicted molar refractivity (Wildman–Crippen MR) is 86.7 cm³/mol. The minimum Gasteiger partial charge on any atom is -0.491 e. The third kappa shape index (κ3) is 4.21. The van der Waals surface area contributed by atoms with E-state index < -0.39 is 0 Å². The molecule has 0 aliphatic heterocycles. The van der Waals surface area contributed by atoms with Crippen molar-refractivity contribution in [2.75, 3.05) is 26.9 Å². The number of hydrogen-bond acceptors (Lipinski definition) is 3. The van der Waals surface area contributed by atoms with Gasteiger partial charge in [-0.15, -0.1) is 0 Å². The largest absolute Gasteiger partial charge is 0.491 e. The van der Waals surface area contributed by atoms with Crippen molar-refractivity contribution in [2.24, 2.45) is 17.1 Å². The number of ether oxygens (including phenoxy) is 2. The van der Waals surface area contributed by atoms with E-state index in [1.54, 1.807) is 7.11 Å². The third-order valence-electron chi connectivity index (χ3n) is 4.70. The highest BCUT2D eigenvalue weighted by Gasteiger charge is 2.36. The lowest BCUT2D eigenvalue weighted by Crippen LogP contribution is -2.33. The van der Waals surface area contributed by atoms with Crippen LogP contribution in [0.3, 0.4) is 0 Å². The highest BCUT2D eigenvalue weighted by Crippen LogP contribution is 2.48. The van der Waals surface area contributed by atoms with Crippen LogP contribution in [0.15, 0.2) is 24.3 Å². The first-order valence-electron chi connectivity index (χ1n) is 7.98. The van der Waals surface area contributed by atoms with Gasteiger partial charge in [-0.2, -0.15) is 0 Å². The Morgan fingerprint density at radius 2 is 2.00 bits per heavy atom. The Morgan fingerprint density at radius 1 is 1.24 bits per heavy atom. The maximum absolute atomic E-state index is 6.03. The standard InChI is InChI=1S/C18H29NO2/c1-18(2)9-8-14(13-19)16(12-18)15-6-4-5-7-17(15)21-11-10-20-3/h4-7,14,16H,8-13,19H2,1-3H3.